The normalized spacial score (nSPS) is 11.3. The Bertz CT molecular complexity index is 418. The fourth-order valence-corrected chi connectivity index (χ4v) is 1.65. The molecule has 0 radical (unpaired) electrons. The summed E-state index contributed by atoms with van der Waals surface area (Å²) < 4.78 is 0.806. The number of carbonyl (C=O) groups excluding carboxylic acids is 1. The van der Waals surface area contributed by atoms with E-state index in [2.05, 4.69) is 5.32 Å². The van der Waals surface area contributed by atoms with Crippen LogP contribution < -0.4 is 5.32 Å². The Balaban J connectivity index is 2.94. The quantitative estimate of drug-likeness (QED) is 0.594. The van der Waals surface area contributed by atoms with Crippen LogP contribution in [0.2, 0.25) is 0 Å². The maximum absolute atomic E-state index is 11.9. The third-order valence-electron chi connectivity index (χ3n) is 2.32. The van der Waals surface area contributed by atoms with Gasteiger partial charge in [-0.05, 0) is 47.7 Å². The monoisotopic (exact) mass is 351 g/mol. The van der Waals surface area contributed by atoms with Gasteiger partial charge in [-0.1, -0.05) is 0 Å². The lowest BCUT2D eigenvalue weighted by molar-refractivity contribution is 0.0721. The molecular weight excluding hydrogens is 337 g/mol. The van der Waals surface area contributed by atoms with Crippen molar-refractivity contribution in [3.63, 3.8) is 0 Å². The molecule has 0 spiro atoms. The molecule has 1 aromatic carbocycles. The molecule has 6 heteroatoms. The van der Waals surface area contributed by atoms with Crippen LogP contribution in [0, 0.1) is 3.57 Å². The zero-order valence-corrected chi connectivity index (χ0v) is 11.4. The Morgan fingerprint density at radius 1 is 1.41 bits per heavy atom. The Morgan fingerprint density at radius 2 is 2.00 bits per heavy atom. The second-order valence-corrected chi connectivity index (χ2v) is 5.24. The fourth-order valence-electron chi connectivity index (χ4n) is 1.16. The smallest absolute Gasteiger partial charge is 0.255 e. The second-order valence-electron chi connectivity index (χ2n) is 3.99. The Labute approximate surface area is 113 Å². The lowest BCUT2D eigenvalue weighted by Crippen LogP contribution is -2.51. The van der Waals surface area contributed by atoms with Crippen molar-refractivity contribution in [2.75, 3.05) is 13.2 Å². The van der Waals surface area contributed by atoms with E-state index in [1.54, 1.807) is 6.07 Å². The van der Waals surface area contributed by atoms with Crippen molar-refractivity contribution in [2.45, 2.75) is 12.5 Å². The highest BCUT2D eigenvalue weighted by atomic mass is 127. The van der Waals surface area contributed by atoms with E-state index in [-0.39, 0.29) is 24.5 Å². The van der Waals surface area contributed by atoms with Gasteiger partial charge in [0.25, 0.3) is 5.91 Å². The van der Waals surface area contributed by atoms with Crippen molar-refractivity contribution < 1.29 is 20.1 Å². The molecule has 1 rings (SSSR count). The van der Waals surface area contributed by atoms with E-state index in [1.165, 1.54) is 19.1 Å². The first-order valence-corrected chi connectivity index (χ1v) is 6.02. The molecule has 4 N–H and O–H groups in total. The summed E-state index contributed by atoms with van der Waals surface area (Å²) >= 11 is 2.02. The first-order chi connectivity index (χ1) is 7.91. The van der Waals surface area contributed by atoms with Crippen LogP contribution in [-0.4, -0.2) is 40.0 Å². The molecule has 0 bridgehead atoms. The highest BCUT2D eigenvalue weighted by Crippen LogP contribution is 2.20. The zero-order chi connectivity index (χ0) is 13.1. The molecule has 0 saturated heterocycles. The molecule has 0 atom stereocenters. The van der Waals surface area contributed by atoms with Gasteiger partial charge in [0, 0.05) is 3.57 Å². The standard InChI is InChI=1S/C11H14INO4/c1-11(5-14,6-15)13-10(17)8-4-7(12)2-3-9(8)16/h2-4,14-16H,5-6H2,1H3,(H,13,17). The maximum Gasteiger partial charge on any atom is 0.255 e. The van der Waals surface area contributed by atoms with Gasteiger partial charge in [0.15, 0.2) is 0 Å². The first kappa shape index (κ1) is 14.2. The lowest BCUT2D eigenvalue weighted by atomic mass is 10.0. The Morgan fingerprint density at radius 3 is 2.53 bits per heavy atom. The predicted octanol–water partition coefficient (Wildman–Crippen LogP) is 0.470. The summed E-state index contributed by atoms with van der Waals surface area (Å²) in [5.74, 6) is -0.673. The van der Waals surface area contributed by atoms with E-state index in [9.17, 15) is 9.90 Å². The molecule has 5 nitrogen and oxygen atoms in total. The largest absolute Gasteiger partial charge is 0.507 e. The van der Waals surface area contributed by atoms with Gasteiger partial charge in [0.05, 0.1) is 24.3 Å². The van der Waals surface area contributed by atoms with Crippen LogP contribution in [0.1, 0.15) is 17.3 Å². The molecule has 94 valence electrons. The zero-order valence-electron chi connectivity index (χ0n) is 9.27. The Hall–Kier alpha value is -0.860. The van der Waals surface area contributed by atoms with Crippen molar-refractivity contribution in [1.82, 2.24) is 5.32 Å². The highest BCUT2D eigenvalue weighted by Gasteiger charge is 2.26. The van der Waals surface area contributed by atoms with E-state index in [0.29, 0.717) is 0 Å². The number of carbonyl (C=O) groups is 1. The number of rotatable bonds is 4. The summed E-state index contributed by atoms with van der Waals surface area (Å²) in [6.45, 7) is 0.732. The minimum Gasteiger partial charge on any atom is -0.507 e. The number of halogens is 1. The first-order valence-electron chi connectivity index (χ1n) is 4.94. The summed E-state index contributed by atoms with van der Waals surface area (Å²) in [7, 11) is 0. The van der Waals surface area contributed by atoms with Crippen LogP contribution in [0.5, 0.6) is 5.75 Å². The molecular formula is C11H14INO4. The molecule has 0 saturated carbocycles. The van der Waals surface area contributed by atoms with Crippen LogP contribution in [0.4, 0.5) is 0 Å². The van der Waals surface area contributed by atoms with E-state index in [4.69, 9.17) is 10.2 Å². The number of hydrogen-bond donors (Lipinski definition) is 4. The minimum absolute atomic E-state index is 0.116. The van der Waals surface area contributed by atoms with Crippen molar-refractivity contribution in [3.05, 3.63) is 27.3 Å². The van der Waals surface area contributed by atoms with Crippen LogP contribution >= 0.6 is 22.6 Å². The van der Waals surface area contributed by atoms with E-state index in [1.807, 2.05) is 22.6 Å². The third-order valence-corrected chi connectivity index (χ3v) is 2.99. The highest BCUT2D eigenvalue weighted by molar-refractivity contribution is 14.1. The number of aromatic hydroxyl groups is 1. The molecule has 0 heterocycles. The molecule has 0 aliphatic carbocycles. The van der Waals surface area contributed by atoms with Gasteiger partial charge in [-0.25, -0.2) is 0 Å². The van der Waals surface area contributed by atoms with Gasteiger partial charge < -0.3 is 20.6 Å². The average Bonchev–Trinajstić information content (AvgIpc) is 2.32. The van der Waals surface area contributed by atoms with E-state index in [0.717, 1.165) is 3.57 Å². The fraction of sp³-hybridized carbons (Fsp3) is 0.364. The van der Waals surface area contributed by atoms with Gasteiger partial charge in [-0.3, -0.25) is 4.79 Å². The molecule has 1 amide bonds. The number of nitrogens with one attached hydrogen (secondary N) is 1. The number of benzene rings is 1. The average molecular weight is 351 g/mol. The van der Waals surface area contributed by atoms with Crippen LogP contribution in [0.25, 0.3) is 0 Å². The molecule has 1 aromatic rings. The number of phenols is 1. The van der Waals surface area contributed by atoms with Crippen LogP contribution in [0.3, 0.4) is 0 Å². The van der Waals surface area contributed by atoms with Gasteiger partial charge in [0.2, 0.25) is 0 Å². The van der Waals surface area contributed by atoms with E-state index >= 15 is 0 Å². The molecule has 0 aliphatic rings. The Kier molecular flexibility index (Phi) is 4.72. The van der Waals surface area contributed by atoms with Crippen LogP contribution in [0.15, 0.2) is 18.2 Å². The van der Waals surface area contributed by atoms with Crippen molar-refractivity contribution >= 4 is 28.5 Å². The minimum atomic E-state index is -1.11. The third kappa shape index (κ3) is 3.55. The van der Waals surface area contributed by atoms with Crippen molar-refractivity contribution in [3.8, 4) is 5.75 Å². The van der Waals surface area contributed by atoms with E-state index < -0.39 is 11.4 Å². The summed E-state index contributed by atoms with van der Waals surface area (Å²) in [5, 5.41) is 30.2. The summed E-state index contributed by atoms with van der Waals surface area (Å²) in [6, 6.07) is 4.62. The summed E-state index contributed by atoms with van der Waals surface area (Å²) in [5.41, 5.74) is -0.991. The van der Waals surface area contributed by atoms with Gasteiger partial charge in [-0.2, -0.15) is 0 Å². The maximum atomic E-state index is 11.9. The number of aliphatic hydroxyl groups is 2. The molecule has 0 aliphatic heterocycles. The number of phenolic OH excluding ortho intramolecular Hbond substituents is 1. The van der Waals surface area contributed by atoms with Crippen molar-refractivity contribution in [1.29, 1.82) is 0 Å². The molecule has 0 fully saturated rings. The van der Waals surface area contributed by atoms with Gasteiger partial charge >= 0.3 is 0 Å². The topological polar surface area (TPSA) is 89.8 Å². The van der Waals surface area contributed by atoms with Crippen LogP contribution in [-0.2, 0) is 0 Å². The lowest BCUT2D eigenvalue weighted by Gasteiger charge is -2.26. The molecule has 17 heavy (non-hydrogen) atoms. The second kappa shape index (κ2) is 5.65. The van der Waals surface area contributed by atoms with Gasteiger partial charge in [0.1, 0.15) is 5.75 Å². The SMILES string of the molecule is CC(CO)(CO)NC(=O)c1cc(I)ccc1O. The number of amides is 1. The summed E-state index contributed by atoms with van der Waals surface area (Å²) in [4.78, 5) is 11.9. The summed E-state index contributed by atoms with van der Waals surface area (Å²) in [6.07, 6.45) is 0. The number of aliphatic hydroxyl groups excluding tert-OH is 2. The number of hydrogen-bond acceptors (Lipinski definition) is 4. The van der Waals surface area contributed by atoms with Crippen molar-refractivity contribution in [2.24, 2.45) is 0 Å². The predicted molar refractivity (Wildman–Crippen MR) is 70.9 cm³/mol. The van der Waals surface area contributed by atoms with Gasteiger partial charge in [-0.15, -0.1) is 0 Å². The molecule has 0 aromatic heterocycles. The molecule has 0 unspecified atom stereocenters.